The molecule has 0 aromatic heterocycles. The summed E-state index contributed by atoms with van der Waals surface area (Å²) in [4.78, 5) is 0. The Kier molecular flexibility index (Phi) is 5.23. The molecule has 1 aromatic carbocycles. The first-order chi connectivity index (χ1) is 8.46. The van der Waals surface area contributed by atoms with Gasteiger partial charge in [-0.1, -0.05) is 12.7 Å². The van der Waals surface area contributed by atoms with E-state index >= 15 is 0 Å². The molecule has 2 N–H and O–H groups in total. The van der Waals surface area contributed by atoms with Gasteiger partial charge in [0.25, 0.3) is 0 Å². The normalized spacial score (nSPS) is 11.1. The fraction of sp³-hybridized carbons (Fsp3) is 0.467. The number of rotatable bonds is 6. The first kappa shape index (κ1) is 14.6. The van der Waals surface area contributed by atoms with Crippen LogP contribution in [0.2, 0.25) is 0 Å². The van der Waals surface area contributed by atoms with Crippen LogP contribution >= 0.6 is 0 Å². The smallest absolute Gasteiger partial charge is 0.161 e. The Balaban J connectivity index is 2.75. The Hall–Kier alpha value is -1.48. The third kappa shape index (κ3) is 4.80. The van der Waals surface area contributed by atoms with Crippen molar-refractivity contribution in [2.75, 3.05) is 13.7 Å². The Morgan fingerprint density at radius 3 is 2.56 bits per heavy atom. The second-order valence-electron chi connectivity index (χ2n) is 5.36. The van der Waals surface area contributed by atoms with Crippen LogP contribution in [0.15, 0.2) is 30.9 Å². The van der Waals surface area contributed by atoms with Crippen molar-refractivity contribution in [2.45, 2.75) is 32.9 Å². The Labute approximate surface area is 110 Å². The summed E-state index contributed by atoms with van der Waals surface area (Å²) in [5.41, 5.74) is 1.46. The van der Waals surface area contributed by atoms with Gasteiger partial charge in [0.15, 0.2) is 11.5 Å². The molecule has 0 unspecified atom stereocenters. The van der Waals surface area contributed by atoms with E-state index in [-0.39, 0.29) is 5.54 Å². The van der Waals surface area contributed by atoms with Crippen LogP contribution in [0.4, 0.5) is 0 Å². The largest absolute Gasteiger partial charge is 0.493 e. The molecule has 0 bridgehead atoms. The minimum atomic E-state index is 0.227. The quantitative estimate of drug-likeness (QED) is 0.785. The highest BCUT2D eigenvalue weighted by Crippen LogP contribution is 2.27. The summed E-state index contributed by atoms with van der Waals surface area (Å²) in [6.45, 7) is 11.7. The summed E-state index contributed by atoms with van der Waals surface area (Å²) in [5, 5.41) is 2.30. The maximum absolute atomic E-state index is 5.52. The molecule has 0 amide bonds. The van der Waals surface area contributed by atoms with Crippen molar-refractivity contribution in [1.29, 1.82) is 0 Å². The average molecular weight is 250 g/mol. The molecular weight excluding hydrogens is 226 g/mol. The highest BCUT2D eigenvalue weighted by Gasteiger charge is 2.13. The molecule has 18 heavy (non-hydrogen) atoms. The maximum atomic E-state index is 5.52. The van der Waals surface area contributed by atoms with Gasteiger partial charge in [0.2, 0.25) is 0 Å². The first-order valence-electron chi connectivity index (χ1n) is 6.21. The van der Waals surface area contributed by atoms with Gasteiger partial charge >= 0.3 is 0 Å². The lowest BCUT2D eigenvalue weighted by Crippen LogP contribution is -2.92. The van der Waals surface area contributed by atoms with Gasteiger partial charge in [-0.25, -0.2) is 0 Å². The van der Waals surface area contributed by atoms with Crippen LogP contribution < -0.4 is 14.8 Å². The second-order valence-corrected chi connectivity index (χ2v) is 5.36. The number of hydrogen-bond acceptors (Lipinski definition) is 2. The topological polar surface area (TPSA) is 35.1 Å². The van der Waals surface area contributed by atoms with Gasteiger partial charge in [-0.05, 0) is 39.0 Å². The molecule has 0 heterocycles. The lowest BCUT2D eigenvalue weighted by molar-refractivity contribution is -0.731. The SMILES string of the molecule is C=CCOc1ccc(C[NH2+]C(C)(C)C)cc1OC. The van der Waals surface area contributed by atoms with Crippen molar-refractivity contribution in [3.8, 4) is 11.5 Å². The summed E-state index contributed by atoms with van der Waals surface area (Å²) in [5.74, 6) is 1.54. The van der Waals surface area contributed by atoms with Gasteiger partial charge in [0.05, 0.1) is 12.6 Å². The molecule has 3 heteroatoms. The lowest BCUT2D eigenvalue weighted by atomic mass is 10.1. The molecule has 0 atom stereocenters. The summed E-state index contributed by atoms with van der Waals surface area (Å²) in [6.07, 6.45) is 1.72. The molecule has 100 valence electrons. The molecule has 0 aliphatic rings. The van der Waals surface area contributed by atoms with E-state index in [1.165, 1.54) is 5.56 Å². The molecule has 0 radical (unpaired) electrons. The third-order valence-electron chi connectivity index (χ3n) is 2.53. The minimum Gasteiger partial charge on any atom is -0.493 e. The Morgan fingerprint density at radius 2 is 2.00 bits per heavy atom. The predicted octanol–water partition coefficient (Wildman–Crippen LogP) is 2.12. The number of quaternary nitrogens is 1. The first-order valence-corrected chi connectivity index (χ1v) is 6.21. The minimum absolute atomic E-state index is 0.227. The van der Waals surface area contributed by atoms with Crippen molar-refractivity contribution < 1.29 is 14.8 Å². The van der Waals surface area contributed by atoms with Crippen molar-refractivity contribution in [2.24, 2.45) is 0 Å². The Morgan fingerprint density at radius 1 is 1.28 bits per heavy atom. The summed E-state index contributed by atoms with van der Waals surface area (Å²) >= 11 is 0. The fourth-order valence-electron chi connectivity index (χ4n) is 1.53. The fourth-order valence-corrected chi connectivity index (χ4v) is 1.53. The third-order valence-corrected chi connectivity index (χ3v) is 2.53. The highest BCUT2D eigenvalue weighted by molar-refractivity contribution is 5.42. The summed E-state index contributed by atoms with van der Waals surface area (Å²) in [7, 11) is 1.66. The van der Waals surface area contributed by atoms with E-state index < -0.39 is 0 Å². The molecule has 0 saturated heterocycles. The molecule has 0 spiro atoms. The maximum Gasteiger partial charge on any atom is 0.161 e. The van der Waals surface area contributed by atoms with Crippen molar-refractivity contribution in [1.82, 2.24) is 0 Å². The van der Waals surface area contributed by atoms with E-state index in [9.17, 15) is 0 Å². The standard InChI is InChI=1S/C15H23NO2/c1-6-9-18-13-8-7-12(10-14(13)17-5)11-16-15(2,3)4/h6-8,10,16H,1,9,11H2,2-5H3/p+1. The molecule has 0 aliphatic heterocycles. The van der Waals surface area contributed by atoms with Gasteiger partial charge in [0, 0.05) is 5.56 Å². The molecule has 3 nitrogen and oxygen atoms in total. The number of methoxy groups -OCH3 is 1. The average Bonchev–Trinajstić information content (AvgIpc) is 2.33. The van der Waals surface area contributed by atoms with Crippen LogP contribution in [-0.2, 0) is 6.54 Å². The van der Waals surface area contributed by atoms with Crippen molar-refractivity contribution in [3.63, 3.8) is 0 Å². The van der Waals surface area contributed by atoms with Crippen molar-refractivity contribution in [3.05, 3.63) is 36.4 Å². The van der Waals surface area contributed by atoms with E-state index in [2.05, 4.69) is 38.7 Å². The molecule has 0 fully saturated rings. The van der Waals surface area contributed by atoms with E-state index in [0.717, 1.165) is 18.0 Å². The van der Waals surface area contributed by atoms with Crippen LogP contribution in [-0.4, -0.2) is 19.3 Å². The number of hydrogen-bond donors (Lipinski definition) is 1. The zero-order chi connectivity index (χ0) is 13.6. The molecule has 0 saturated carbocycles. The van der Waals surface area contributed by atoms with Crippen LogP contribution in [0.1, 0.15) is 26.3 Å². The van der Waals surface area contributed by atoms with Gasteiger partial charge in [-0.15, -0.1) is 0 Å². The van der Waals surface area contributed by atoms with E-state index in [0.29, 0.717) is 6.61 Å². The second kappa shape index (κ2) is 6.45. The number of ether oxygens (including phenoxy) is 2. The van der Waals surface area contributed by atoms with E-state index in [1.807, 2.05) is 12.1 Å². The van der Waals surface area contributed by atoms with Crippen LogP contribution in [0.25, 0.3) is 0 Å². The van der Waals surface area contributed by atoms with Crippen LogP contribution in [0.3, 0.4) is 0 Å². The van der Waals surface area contributed by atoms with E-state index in [1.54, 1.807) is 13.2 Å². The predicted molar refractivity (Wildman–Crippen MR) is 74.1 cm³/mol. The number of nitrogens with two attached hydrogens (primary N) is 1. The zero-order valence-electron chi connectivity index (χ0n) is 11.8. The monoisotopic (exact) mass is 250 g/mol. The highest BCUT2D eigenvalue weighted by atomic mass is 16.5. The molecule has 1 rings (SSSR count). The summed E-state index contributed by atoms with van der Waals surface area (Å²) < 4.78 is 10.9. The van der Waals surface area contributed by atoms with Crippen LogP contribution in [0.5, 0.6) is 11.5 Å². The van der Waals surface area contributed by atoms with Crippen molar-refractivity contribution >= 4 is 0 Å². The molecule has 0 aliphatic carbocycles. The summed E-state index contributed by atoms with van der Waals surface area (Å²) in [6, 6.07) is 6.05. The molecule has 1 aromatic rings. The van der Waals surface area contributed by atoms with Gasteiger partial charge in [-0.2, -0.15) is 0 Å². The molecular formula is C15H24NO2+. The van der Waals surface area contributed by atoms with Crippen LogP contribution in [0, 0.1) is 0 Å². The van der Waals surface area contributed by atoms with Gasteiger partial charge in [0.1, 0.15) is 13.2 Å². The van der Waals surface area contributed by atoms with Gasteiger partial charge in [-0.3, -0.25) is 0 Å². The zero-order valence-corrected chi connectivity index (χ0v) is 11.8. The van der Waals surface area contributed by atoms with E-state index in [4.69, 9.17) is 9.47 Å². The Bertz CT molecular complexity index is 394. The number of benzene rings is 1. The van der Waals surface area contributed by atoms with Gasteiger partial charge < -0.3 is 14.8 Å². The lowest BCUT2D eigenvalue weighted by Gasteiger charge is -2.17.